The number of benzene rings is 1. The van der Waals surface area contributed by atoms with Gasteiger partial charge in [-0.15, -0.1) is 0 Å². The number of hydrogen-bond acceptors (Lipinski definition) is 3. The van der Waals surface area contributed by atoms with Crippen molar-refractivity contribution in [2.24, 2.45) is 0 Å². The van der Waals surface area contributed by atoms with Crippen LogP contribution in [0.5, 0.6) is 0 Å². The molecule has 2 aromatic rings. The molecular formula is C17H18ClN3O2. The van der Waals surface area contributed by atoms with E-state index in [0.717, 1.165) is 12.0 Å². The summed E-state index contributed by atoms with van der Waals surface area (Å²) < 4.78 is 5.88. The van der Waals surface area contributed by atoms with E-state index in [2.05, 4.69) is 10.3 Å². The number of anilines is 1. The van der Waals surface area contributed by atoms with E-state index >= 15 is 0 Å². The molecule has 1 aliphatic heterocycles. The Kier molecular flexibility index (Phi) is 5.10. The topological polar surface area (TPSA) is 54.5 Å². The summed E-state index contributed by atoms with van der Waals surface area (Å²) in [4.78, 5) is 18.2. The molecule has 0 aliphatic carbocycles. The van der Waals surface area contributed by atoms with Gasteiger partial charge < -0.3 is 15.0 Å². The Labute approximate surface area is 140 Å². The molecule has 120 valence electrons. The van der Waals surface area contributed by atoms with Crippen molar-refractivity contribution in [3.05, 3.63) is 59.4 Å². The number of carbonyl (C=O) groups is 1. The highest BCUT2D eigenvalue weighted by Gasteiger charge is 2.23. The van der Waals surface area contributed by atoms with Crippen LogP contribution in [0.4, 0.5) is 10.5 Å². The average molecular weight is 332 g/mol. The van der Waals surface area contributed by atoms with E-state index in [9.17, 15) is 4.79 Å². The maximum Gasteiger partial charge on any atom is 0.321 e. The SMILES string of the molecule is O=C(Nc1cncc(Cl)c1)N1CCCOC(c2ccccc2)C1. The molecule has 1 unspecified atom stereocenters. The van der Waals surface area contributed by atoms with Crippen molar-refractivity contribution in [1.82, 2.24) is 9.88 Å². The van der Waals surface area contributed by atoms with Crippen LogP contribution in [-0.2, 0) is 4.74 Å². The standard InChI is InChI=1S/C17H18ClN3O2/c18-14-9-15(11-19-10-14)20-17(22)21-7-4-8-23-16(12-21)13-5-2-1-3-6-13/h1-3,5-6,9-11,16H,4,7-8,12H2,(H,20,22). The molecule has 1 saturated heterocycles. The van der Waals surface area contributed by atoms with Gasteiger partial charge in [0, 0.05) is 19.3 Å². The molecule has 1 N–H and O–H groups in total. The van der Waals surface area contributed by atoms with Gasteiger partial charge in [-0.1, -0.05) is 41.9 Å². The van der Waals surface area contributed by atoms with Crippen LogP contribution >= 0.6 is 11.6 Å². The van der Waals surface area contributed by atoms with E-state index in [0.29, 0.717) is 30.4 Å². The Morgan fingerprint density at radius 2 is 2.13 bits per heavy atom. The quantitative estimate of drug-likeness (QED) is 0.912. The Hall–Kier alpha value is -2.11. The monoisotopic (exact) mass is 331 g/mol. The lowest BCUT2D eigenvalue weighted by Gasteiger charge is -2.24. The van der Waals surface area contributed by atoms with Gasteiger partial charge >= 0.3 is 6.03 Å². The summed E-state index contributed by atoms with van der Waals surface area (Å²) in [7, 11) is 0. The number of ether oxygens (including phenoxy) is 1. The molecule has 1 aromatic carbocycles. The van der Waals surface area contributed by atoms with Crippen LogP contribution in [0.1, 0.15) is 18.1 Å². The number of nitrogens with zero attached hydrogens (tertiary/aromatic N) is 2. The third kappa shape index (κ3) is 4.21. The van der Waals surface area contributed by atoms with Crippen molar-refractivity contribution in [3.8, 4) is 0 Å². The molecule has 1 fully saturated rings. The first-order chi connectivity index (χ1) is 11.2. The Bertz CT molecular complexity index is 666. The molecule has 0 radical (unpaired) electrons. The molecule has 1 aromatic heterocycles. The minimum Gasteiger partial charge on any atom is -0.372 e. The van der Waals surface area contributed by atoms with E-state index in [1.54, 1.807) is 17.2 Å². The van der Waals surface area contributed by atoms with E-state index in [-0.39, 0.29) is 12.1 Å². The zero-order valence-corrected chi connectivity index (χ0v) is 13.4. The number of nitrogens with one attached hydrogen (secondary N) is 1. The fourth-order valence-electron chi connectivity index (χ4n) is 2.56. The maximum absolute atomic E-state index is 12.5. The van der Waals surface area contributed by atoms with Crippen molar-refractivity contribution in [3.63, 3.8) is 0 Å². The van der Waals surface area contributed by atoms with Gasteiger partial charge in [0.2, 0.25) is 0 Å². The second kappa shape index (κ2) is 7.44. The maximum atomic E-state index is 12.5. The van der Waals surface area contributed by atoms with Crippen LogP contribution in [0.15, 0.2) is 48.8 Å². The van der Waals surface area contributed by atoms with Gasteiger partial charge in [-0.2, -0.15) is 0 Å². The van der Waals surface area contributed by atoms with E-state index in [1.807, 2.05) is 30.3 Å². The molecular weight excluding hydrogens is 314 g/mol. The lowest BCUT2D eigenvalue weighted by Crippen LogP contribution is -2.37. The third-order valence-corrected chi connectivity index (χ3v) is 3.90. The molecule has 3 rings (SSSR count). The van der Waals surface area contributed by atoms with Crippen LogP contribution in [0.3, 0.4) is 0 Å². The molecule has 2 amide bonds. The minimum atomic E-state index is -0.166. The highest BCUT2D eigenvalue weighted by atomic mass is 35.5. The van der Waals surface area contributed by atoms with Crippen LogP contribution < -0.4 is 5.32 Å². The molecule has 1 atom stereocenters. The first-order valence-corrected chi connectivity index (χ1v) is 7.93. The summed E-state index contributed by atoms with van der Waals surface area (Å²) in [6.45, 7) is 1.81. The first kappa shape index (κ1) is 15.8. The highest BCUT2D eigenvalue weighted by Crippen LogP contribution is 2.22. The smallest absolute Gasteiger partial charge is 0.321 e. The lowest BCUT2D eigenvalue weighted by atomic mass is 10.1. The summed E-state index contributed by atoms with van der Waals surface area (Å²) in [5, 5.41) is 3.33. The van der Waals surface area contributed by atoms with Gasteiger partial charge in [-0.3, -0.25) is 4.98 Å². The number of aromatic nitrogens is 1. The number of hydrogen-bond donors (Lipinski definition) is 1. The zero-order chi connectivity index (χ0) is 16.1. The summed E-state index contributed by atoms with van der Waals surface area (Å²) in [6, 6.07) is 11.5. The summed E-state index contributed by atoms with van der Waals surface area (Å²) in [5.41, 5.74) is 1.67. The zero-order valence-electron chi connectivity index (χ0n) is 12.6. The number of carbonyl (C=O) groups excluding carboxylic acids is 1. The fraction of sp³-hybridized carbons (Fsp3) is 0.294. The van der Waals surface area contributed by atoms with Crippen LogP contribution in [0, 0.1) is 0 Å². The van der Waals surface area contributed by atoms with E-state index < -0.39 is 0 Å². The molecule has 1 aliphatic rings. The van der Waals surface area contributed by atoms with Gasteiger partial charge in [0.15, 0.2) is 0 Å². The number of halogens is 1. The number of urea groups is 1. The Balaban J connectivity index is 1.69. The predicted molar refractivity (Wildman–Crippen MR) is 89.6 cm³/mol. The molecule has 5 nitrogen and oxygen atoms in total. The Morgan fingerprint density at radius 3 is 2.91 bits per heavy atom. The van der Waals surface area contributed by atoms with Gasteiger partial charge in [0.25, 0.3) is 0 Å². The average Bonchev–Trinajstić information content (AvgIpc) is 2.82. The Morgan fingerprint density at radius 1 is 1.30 bits per heavy atom. The lowest BCUT2D eigenvalue weighted by molar-refractivity contribution is 0.0581. The second-order valence-electron chi connectivity index (χ2n) is 5.39. The molecule has 6 heteroatoms. The second-order valence-corrected chi connectivity index (χ2v) is 5.83. The van der Waals surface area contributed by atoms with Gasteiger partial charge in [0.1, 0.15) is 6.10 Å². The molecule has 23 heavy (non-hydrogen) atoms. The normalized spacial score (nSPS) is 18.3. The number of pyridine rings is 1. The van der Waals surface area contributed by atoms with E-state index in [1.165, 1.54) is 6.20 Å². The largest absolute Gasteiger partial charge is 0.372 e. The van der Waals surface area contributed by atoms with E-state index in [4.69, 9.17) is 16.3 Å². The van der Waals surface area contributed by atoms with Crippen LogP contribution in [0.2, 0.25) is 5.02 Å². The minimum absolute atomic E-state index is 0.109. The van der Waals surface area contributed by atoms with Gasteiger partial charge in [-0.25, -0.2) is 4.79 Å². The molecule has 0 bridgehead atoms. The van der Waals surface area contributed by atoms with Crippen molar-refractivity contribution in [2.45, 2.75) is 12.5 Å². The fourth-order valence-corrected chi connectivity index (χ4v) is 2.74. The molecule has 2 heterocycles. The molecule has 0 spiro atoms. The van der Waals surface area contributed by atoms with Crippen LogP contribution in [-0.4, -0.2) is 35.6 Å². The van der Waals surface area contributed by atoms with Crippen molar-refractivity contribution < 1.29 is 9.53 Å². The number of amides is 2. The predicted octanol–water partition coefficient (Wildman–Crippen LogP) is 3.73. The third-order valence-electron chi connectivity index (χ3n) is 3.69. The number of rotatable bonds is 2. The summed E-state index contributed by atoms with van der Waals surface area (Å²) in [5.74, 6) is 0. The summed E-state index contributed by atoms with van der Waals surface area (Å²) >= 11 is 5.90. The highest BCUT2D eigenvalue weighted by molar-refractivity contribution is 6.30. The van der Waals surface area contributed by atoms with Crippen LogP contribution in [0.25, 0.3) is 0 Å². The van der Waals surface area contributed by atoms with Crippen molar-refractivity contribution in [2.75, 3.05) is 25.0 Å². The first-order valence-electron chi connectivity index (χ1n) is 7.55. The van der Waals surface area contributed by atoms with Crippen molar-refractivity contribution >= 4 is 23.3 Å². The van der Waals surface area contributed by atoms with Gasteiger partial charge in [-0.05, 0) is 18.1 Å². The molecule has 0 saturated carbocycles. The van der Waals surface area contributed by atoms with Crippen molar-refractivity contribution in [1.29, 1.82) is 0 Å². The summed E-state index contributed by atoms with van der Waals surface area (Å²) in [6.07, 6.45) is 3.81. The van der Waals surface area contributed by atoms with Gasteiger partial charge in [0.05, 0.1) is 23.5 Å².